The van der Waals surface area contributed by atoms with Gasteiger partial charge in [0.1, 0.15) is 0 Å². The Balaban J connectivity index is 1.64. The molecule has 0 radical (unpaired) electrons. The second-order valence-corrected chi connectivity index (χ2v) is 6.56. The van der Waals surface area contributed by atoms with E-state index in [1.807, 2.05) is 11.9 Å². The van der Waals surface area contributed by atoms with Crippen LogP contribution in [0.5, 0.6) is 0 Å². The molecule has 1 aliphatic heterocycles. The molecule has 1 unspecified atom stereocenters. The van der Waals surface area contributed by atoms with Gasteiger partial charge in [-0.1, -0.05) is 0 Å². The Kier molecular flexibility index (Phi) is 4.40. The topological polar surface area (TPSA) is 31.4 Å². The molecule has 0 aromatic carbocycles. The van der Waals surface area contributed by atoms with Crippen molar-refractivity contribution in [2.45, 2.75) is 31.8 Å². The Morgan fingerprint density at radius 1 is 1.43 bits per heavy atom. The van der Waals surface area contributed by atoms with Gasteiger partial charge in [0.2, 0.25) is 0 Å². The molecule has 1 saturated heterocycles. The van der Waals surface area contributed by atoms with E-state index in [2.05, 4.69) is 22.2 Å². The molecule has 0 spiro atoms. The van der Waals surface area contributed by atoms with Crippen LogP contribution in [0.2, 0.25) is 0 Å². The molecule has 2 aliphatic rings. The average Bonchev–Trinajstić information content (AvgIpc) is 3.20. The molecule has 1 atom stereocenters. The second kappa shape index (κ2) is 6.28. The number of hydrogen-bond donors (Lipinski definition) is 1. The summed E-state index contributed by atoms with van der Waals surface area (Å²) in [5.41, 5.74) is 0.724. The lowest BCUT2D eigenvalue weighted by atomic mass is 10.1. The second-order valence-electron chi connectivity index (χ2n) is 6.56. The Morgan fingerprint density at radius 3 is 2.90 bits per heavy atom. The van der Waals surface area contributed by atoms with E-state index in [1.54, 1.807) is 12.3 Å². The number of rotatable bonds is 6. The molecule has 1 saturated carbocycles. The van der Waals surface area contributed by atoms with E-state index in [0.717, 1.165) is 25.2 Å². The number of halogens is 1. The summed E-state index contributed by atoms with van der Waals surface area (Å²) in [4.78, 5) is 8.56. The van der Waals surface area contributed by atoms with Crippen LogP contribution in [0.1, 0.15) is 24.8 Å². The molecule has 2 heterocycles. The minimum absolute atomic E-state index is 0.167. The number of anilines is 1. The van der Waals surface area contributed by atoms with Gasteiger partial charge in [0, 0.05) is 44.5 Å². The van der Waals surface area contributed by atoms with Crippen LogP contribution in [-0.2, 0) is 6.54 Å². The van der Waals surface area contributed by atoms with Crippen molar-refractivity contribution >= 4 is 5.82 Å². The maximum absolute atomic E-state index is 14.6. The fourth-order valence-corrected chi connectivity index (χ4v) is 3.06. The van der Waals surface area contributed by atoms with Crippen LogP contribution >= 0.6 is 0 Å². The number of likely N-dealkylation sites (tertiary alicyclic amines) is 1. The monoisotopic (exact) mass is 292 g/mol. The molecule has 5 heteroatoms. The molecular weight excluding hydrogens is 267 g/mol. The highest BCUT2D eigenvalue weighted by molar-refractivity contribution is 5.42. The van der Waals surface area contributed by atoms with E-state index >= 15 is 0 Å². The van der Waals surface area contributed by atoms with Gasteiger partial charge in [-0.25, -0.2) is 9.37 Å². The molecule has 2 fully saturated rings. The van der Waals surface area contributed by atoms with Crippen LogP contribution in [0.4, 0.5) is 10.2 Å². The standard InChI is InChI=1S/C16H25FN4/c1-20-8-6-12(10-20)11-21(2)16-15(17)13(5-7-18-16)9-19-14-3-4-14/h5,7,12,14,19H,3-4,6,8-11H2,1-2H3. The van der Waals surface area contributed by atoms with Crippen LogP contribution in [0.3, 0.4) is 0 Å². The molecule has 1 aliphatic carbocycles. The smallest absolute Gasteiger partial charge is 0.170 e. The van der Waals surface area contributed by atoms with Gasteiger partial charge in [0.25, 0.3) is 0 Å². The summed E-state index contributed by atoms with van der Waals surface area (Å²) in [6.45, 7) is 3.70. The first-order chi connectivity index (χ1) is 10.1. The lowest BCUT2D eigenvalue weighted by molar-refractivity contribution is 0.395. The van der Waals surface area contributed by atoms with Gasteiger partial charge in [0.05, 0.1) is 0 Å². The van der Waals surface area contributed by atoms with Gasteiger partial charge in [0.15, 0.2) is 11.6 Å². The highest BCUT2D eigenvalue weighted by Gasteiger charge is 2.24. The molecule has 116 valence electrons. The molecule has 21 heavy (non-hydrogen) atoms. The van der Waals surface area contributed by atoms with Crippen molar-refractivity contribution in [2.75, 3.05) is 38.6 Å². The van der Waals surface area contributed by atoms with Gasteiger partial charge < -0.3 is 15.1 Å². The zero-order valence-electron chi connectivity index (χ0n) is 13.0. The van der Waals surface area contributed by atoms with E-state index in [4.69, 9.17) is 0 Å². The average molecular weight is 292 g/mol. The third kappa shape index (κ3) is 3.71. The van der Waals surface area contributed by atoms with Crippen molar-refractivity contribution in [3.05, 3.63) is 23.6 Å². The highest BCUT2D eigenvalue weighted by atomic mass is 19.1. The van der Waals surface area contributed by atoms with E-state index in [9.17, 15) is 4.39 Å². The molecular formula is C16H25FN4. The maximum Gasteiger partial charge on any atom is 0.170 e. The lowest BCUT2D eigenvalue weighted by Crippen LogP contribution is -2.29. The molecule has 4 nitrogen and oxygen atoms in total. The van der Waals surface area contributed by atoms with Crippen molar-refractivity contribution in [3.63, 3.8) is 0 Å². The minimum Gasteiger partial charge on any atom is -0.357 e. The number of nitrogens with one attached hydrogen (secondary N) is 1. The molecule has 3 rings (SSSR count). The Labute approximate surface area is 126 Å². The Morgan fingerprint density at radius 2 is 2.24 bits per heavy atom. The molecule has 1 N–H and O–H groups in total. The largest absolute Gasteiger partial charge is 0.357 e. The third-order valence-corrected chi connectivity index (χ3v) is 4.49. The molecule has 0 bridgehead atoms. The summed E-state index contributed by atoms with van der Waals surface area (Å²) < 4.78 is 14.6. The lowest BCUT2D eigenvalue weighted by Gasteiger charge is -2.23. The normalized spacial score (nSPS) is 22.7. The maximum atomic E-state index is 14.6. The fourth-order valence-electron chi connectivity index (χ4n) is 3.06. The SMILES string of the molecule is CN1CCC(CN(C)c2nccc(CNC3CC3)c2F)C1. The molecule has 0 amide bonds. The van der Waals surface area contributed by atoms with Crippen molar-refractivity contribution in [1.82, 2.24) is 15.2 Å². The van der Waals surface area contributed by atoms with Crippen molar-refractivity contribution < 1.29 is 4.39 Å². The van der Waals surface area contributed by atoms with Crippen molar-refractivity contribution in [3.8, 4) is 0 Å². The highest BCUT2D eigenvalue weighted by Crippen LogP contribution is 2.24. The Bertz CT molecular complexity index is 489. The van der Waals surface area contributed by atoms with E-state index < -0.39 is 0 Å². The van der Waals surface area contributed by atoms with Crippen LogP contribution in [-0.4, -0.2) is 49.7 Å². The van der Waals surface area contributed by atoms with Gasteiger partial charge in [-0.15, -0.1) is 0 Å². The van der Waals surface area contributed by atoms with Crippen LogP contribution in [0.25, 0.3) is 0 Å². The summed E-state index contributed by atoms with van der Waals surface area (Å²) in [5.74, 6) is 0.925. The van der Waals surface area contributed by atoms with Crippen LogP contribution in [0.15, 0.2) is 12.3 Å². The minimum atomic E-state index is -0.167. The zero-order chi connectivity index (χ0) is 14.8. The molecule has 1 aromatic rings. The van der Waals surface area contributed by atoms with Gasteiger partial charge >= 0.3 is 0 Å². The van der Waals surface area contributed by atoms with Crippen molar-refractivity contribution in [1.29, 1.82) is 0 Å². The number of hydrogen-bond acceptors (Lipinski definition) is 4. The van der Waals surface area contributed by atoms with Gasteiger partial charge in [-0.2, -0.15) is 0 Å². The van der Waals surface area contributed by atoms with Gasteiger partial charge in [-0.05, 0) is 44.8 Å². The molecule has 1 aromatic heterocycles. The van der Waals surface area contributed by atoms with Crippen LogP contribution in [0, 0.1) is 11.7 Å². The summed E-state index contributed by atoms with van der Waals surface area (Å²) in [5, 5.41) is 3.37. The summed E-state index contributed by atoms with van der Waals surface area (Å²) in [7, 11) is 4.09. The van der Waals surface area contributed by atoms with E-state index in [-0.39, 0.29) is 5.82 Å². The summed E-state index contributed by atoms with van der Waals surface area (Å²) in [6.07, 6.45) is 5.34. The fraction of sp³-hybridized carbons (Fsp3) is 0.688. The van der Waals surface area contributed by atoms with Crippen molar-refractivity contribution in [2.24, 2.45) is 5.92 Å². The first kappa shape index (κ1) is 14.7. The summed E-state index contributed by atoms with van der Waals surface area (Å²) in [6, 6.07) is 2.37. The first-order valence-electron chi connectivity index (χ1n) is 7.90. The predicted molar refractivity (Wildman–Crippen MR) is 82.9 cm³/mol. The van der Waals surface area contributed by atoms with E-state index in [0.29, 0.717) is 24.3 Å². The number of nitrogens with zero attached hydrogens (tertiary/aromatic N) is 3. The first-order valence-corrected chi connectivity index (χ1v) is 7.90. The third-order valence-electron chi connectivity index (χ3n) is 4.49. The number of aromatic nitrogens is 1. The zero-order valence-corrected chi connectivity index (χ0v) is 13.0. The Hall–Kier alpha value is -1.20. The number of pyridine rings is 1. The predicted octanol–water partition coefficient (Wildman–Crippen LogP) is 1.86. The van der Waals surface area contributed by atoms with Gasteiger partial charge in [-0.3, -0.25) is 0 Å². The quantitative estimate of drug-likeness (QED) is 0.867. The van der Waals surface area contributed by atoms with E-state index in [1.165, 1.54) is 19.3 Å². The van der Waals surface area contributed by atoms with Crippen LogP contribution < -0.4 is 10.2 Å². The summed E-state index contributed by atoms with van der Waals surface area (Å²) >= 11 is 0.